The van der Waals surface area contributed by atoms with Crippen molar-refractivity contribution in [1.29, 1.82) is 0 Å². The standard InChI is InChI=1S/C18H30ClN/c1-3-4-5-6-7-8-9-10-15-18(2,20)16-11-13-17(19)14-12-16/h11-14H,3-10,15,20H2,1-2H3. The van der Waals surface area contributed by atoms with Crippen LogP contribution in [0, 0.1) is 0 Å². The van der Waals surface area contributed by atoms with E-state index < -0.39 is 0 Å². The van der Waals surface area contributed by atoms with Gasteiger partial charge < -0.3 is 5.73 Å². The summed E-state index contributed by atoms with van der Waals surface area (Å²) in [4.78, 5) is 0. The fourth-order valence-corrected chi connectivity index (χ4v) is 2.73. The maximum Gasteiger partial charge on any atom is 0.0406 e. The van der Waals surface area contributed by atoms with Gasteiger partial charge in [-0.2, -0.15) is 0 Å². The number of benzene rings is 1. The summed E-state index contributed by atoms with van der Waals surface area (Å²) in [5.74, 6) is 0. The molecular weight excluding hydrogens is 266 g/mol. The van der Waals surface area contributed by atoms with Crippen molar-refractivity contribution in [3.63, 3.8) is 0 Å². The van der Waals surface area contributed by atoms with Crippen LogP contribution >= 0.6 is 11.6 Å². The third kappa shape index (κ3) is 6.76. The summed E-state index contributed by atoms with van der Waals surface area (Å²) in [5.41, 5.74) is 7.38. The molecule has 1 aromatic rings. The van der Waals surface area contributed by atoms with E-state index in [2.05, 4.69) is 13.8 Å². The number of hydrogen-bond acceptors (Lipinski definition) is 1. The molecule has 114 valence electrons. The second-order valence-corrected chi connectivity index (χ2v) is 6.59. The van der Waals surface area contributed by atoms with Crippen LogP contribution in [0.15, 0.2) is 24.3 Å². The molecule has 2 heteroatoms. The summed E-state index contributed by atoms with van der Waals surface area (Å²) in [6.07, 6.45) is 11.8. The van der Waals surface area contributed by atoms with Gasteiger partial charge in [-0.3, -0.25) is 0 Å². The van der Waals surface area contributed by atoms with E-state index >= 15 is 0 Å². The second-order valence-electron chi connectivity index (χ2n) is 6.15. The van der Waals surface area contributed by atoms with Gasteiger partial charge in [0.05, 0.1) is 0 Å². The van der Waals surface area contributed by atoms with Crippen molar-refractivity contribution in [2.75, 3.05) is 0 Å². The first-order chi connectivity index (χ1) is 9.56. The molecule has 0 aliphatic carbocycles. The summed E-state index contributed by atoms with van der Waals surface area (Å²) in [6.45, 7) is 4.39. The zero-order valence-electron chi connectivity index (χ0n) is 13.1. The molecular formula is C18H30ClN. The molecule has 1 aromatic carbocycles. The number of nitrogens with two attached hydrogens (primary N) is 1. The van der Waals surface area contributed by atoms with Gasteiger partial charge in [0.1, 0.15) is 0 Å². The van der Waals surface area contributed by atoms with Crippen molar-refractivity contribution in [2.24, 2.45) is 5.73 Å². The van der Waals surface area contributed by atoms with Crippen molar-refractivity contribution < 1.29 is 0 Å². The molecule has 0 aromatic heterocycles. The van der Waals surface area contributed by atoms with Crippen molar-refractivity contribution in [3.05, 3.63) is 34.9 Å². The molecule has 2 N–H and O–H groups in total. The fourth-order valence-electron chi connectivity index (χ4n) is 2.60. The van der Waals surface area contributed by atoms with Gasteiger partial charge >= 0.3 is 0 Å². The molecule has 1 atom stereocenters. The van der Waals surface area contributed by atoms with Gasteiger partial charge in [-0.15, -0.1) is 0 Å². The Bertz CT molecular complexity index is 356. The summed E-state index contributed by atoms with van der Waals surface area (Å²) in [7, 11) is 0. The van der Waals surface area contributed by atoms with Crippen LogP contribution < -0.4 is 5.73 Å². The van der Waals surface area contributed by atoms with Crippen molar-refractivity contribution in [3.8, 4) is 0 Å². The number of unbranched alkanes of at least 4 members (excludes halogenated alkanes) is 7. The van der Waals surface area contributed by atoms with Gasteiger partial charge in [0, 0.05) is 10.6 Å². The molecule has 1 rings (SSSR count). The Morgan fingerprint density at radius 3 is 1.95 bits per heavy atom. The highest BCUT2D eigenvalue weighted by atomic mass is 35.5. The van der Waals surface area contributed by atoms with Crippen LogP contribution in [-0.2, 0) is 5.54 Å². The van der Waals surface area contributed by atoms with E-state index in [1.807, 2.05) is 24.3 Å². The van der Waals surface area contributed by atoms with Crippen molar-refractivity contribution in [1.82, 2.24) is 0 Å². The molecule has 0 spiro atoms. The maximum atomic E-state index is 6.43. The zero-order valence-corrected chi connectivity index (χ0v) is 13.9. The summed E-state index contributed by atoms with van der Waals surface area (Å²) >= 11 is 5.92. The molecule has 0 amide bonds. The van der Waals surface area contributed by atoms with Crippen LogP contribution in [0.1, 0.15) is 77.2 Å². The molecule has 1 nitrogen and oxygen atoms in total. The van der Waals surface area contributed by atoms with Crippen LogP contribution in [0.2, 0.25) is 5.02 Å². The van der Waals surface area contributed by atoms with Crippen molar-refractivity contribution >= 4 is 11.6 Å². The predicted octanol–water partition coefficient (Wildman–Crippen LogP) is 6.04. The first-order valence-electron chi connectivity index (χ1n) is 8.11. The van der Waals surface area contributed by atoms with Crippen LogP contribution in [0.5, 0.6) is 0 Å². The molecule has 1 unspecified atom stereocenters. The minimum Gasteiger partial charge on any atom is -0.322 e. The highest BCUT2D eigenvalue weighted by Crippen LogP contribution is 2.25. The van der Waals surface area contributed by atoms with Crippen LogP contribution in [-0.4, -0.2) is 0 Å². The largest absolute Gasteiger partial charge is 0.322 e. The lowest BCUT2D eigenvalue weighted by Crippen LogP contribution is -2.32. The van der Waals surface area contributed by atoms with Gasteiger partial charge in [-0.1, -0.05) is 82.0 Å². The smallest absolute Gasteiger partial charge is 0.0406 e. The summed E-state index contributed by atoms with van der Waals surface area (Å²) in [5, 5.41) is 0.775. The Labute approximate surface area is 129 Å². The molecule has 20 heavy (non-hydrogen) atoms. The fraction of sp³-hybridized carbons (Fsp3) is 0.667. The van der Waals surface area contributed by atoms with Crippen LogP contribution in [0.3, 0.4) is 0 Å². The highest BCUT2D eigenvalue weighted by Gasteiger charge is 2.20. The monoisotopic (exact) mass is 295 g/mol. The minimum atomic E-state index is -0.229. The van der Waals surface area contributed by atoms with Gasteiger partial charge in [0.25, 0.3) is 0 Å². The van der Waals surface area contributed by atoms with Gasteiger partial charge in [0.2, 0.25) is 0 Å². The molecule has 0 bridgehead atoms. The van der Waals surface area contributed by atoms with E-state index in [0.717, 1.165) is 11.4 Å². The SMILES string of the molecule is CCCCCCCCCCC(C)(N)c1ccc(Cl)cc1. The third-order valence-electron chi connectivity index (χ3n) is 4.05. The number of rotatable bonds is 10. The Morgan fingerprint density at radius 2 is 1.40 bits per heavy atom. The Kier molecular flexibility index (Phi) is 8.25. The molecule has 0 radical (unpaired) electrons. The first-order valence-corrected chi connectivity index (χ1v) is 8.49. The van der Waals surface area contributed by atoms with E-state index in [1.54, 1.807) is 0 Å². The molecule has 0 saturated carbocycles. The molecule has 0 fully saturated rings. The van der Waals surface area contributed by atoms with E-state index in [4.69, 9.17) is 17.3 Å². The first kappa shape index (κ1) is 17.5. The van der Waals surface area contributed by atoms with Crippen molar-refractivity contribution in [2.45, 2.75) is 77.2 Å². The lowest BCUT2D eigenvalue weighted by molar-refractivity contribution is 0.420. The number of halogens is 1. The summed E-state index contributed by atoms with van der Waals surface area (Å²) in [6, 6.07) is 7.95. The minimum absolute atomic E-state index is 0.229. The van der Waals surface area contributed by atoms with Gasteiger partial charge in [-0.05, 0) is 31.0 Å². The van der Waals surface area contributed by atoms with E-state index in [-0.39, 0.29) is 5.54 Å². The Balaban J connectivity index is 2.18. The Hall–Kier alpha value is -0.530. The topological polar surface area (TPSA) is 26.0 Å². The van der Waals surface area contributed by atoms with Gasteiger partial charge in [-0.25, -0.2) is 0 Å². The average Bonchev–Trinajstić information content (AvgIpc) is 2.42. The highest BCUT2D eigenvalue weighted by molar-refractivity contribution is 6.30. The second kappa shape index (κ2) is 9.41. The van der Waals surface area contributed by atoms with E-state index in [9.17, 15) is 0 Å². The third-order valence-corrected chi connectivity index (χ3v) is 4.31. The maximum absolute atomic E-state index is 6.43. The summed E-state index contributed by atoms with van der Waals surface area (Å²) < 4.78 is 0. The lowest BCUT2D eigenvalue weighted by Gasteiger charge is -2.25. The van der Waals surface area contributed by atoms with Crippen LogP contribution in [0.4, 0.5) is 0 Å². The normalized spacial score (nSPS) is 14.2. The lowest BCUT2D eigenvalue weighted by atomic mass is 9.87. The number of hydrogen-bond donors (Lipinski definition) is 1. The Morgan fingerprint density at radius 1 is 0.900 bits per heavy atom. The van der Waals surface area contributed by atoms with E-state index in [1.165, 1.54) is 56.9 Å². The van der Waals surface area contributed by atoms with Crippen LogP contribution in [0.25, 0.3) is 0 Å². The zero-order chi connectivity index (χ0) is 14.8. The quantitative estimate of drug-likeness (QED) is 0.523. The molecule has 0 aliphatic heterocycles. The molecule has 0 heterocycles. The predicted molar refractivity (Wildman–Crippen MR) is 90.2 cm³/mol. The molecule has 0 saturated heterocycles. The van der Waals surface area contributed by atoms with E-state index in [0.29, 0.717) is 0 Å². The van der Waals surface area contributed by atoms with Gasteiger partial charge in [0.15, 0.2) is 0 Å². The molecule has 0 aliphatic rings. The average molecular weight is 296 g/mol.